The molecule has 1 aliphatic carbocycles. The predicted molar refractivity (Wildman–Crippen MR) is 193 cm³/mol. The number of alkyl carbamates (subject to hydrolysis) is 1. The normalized spacial score (nSPS) is 26.4. The van der Waals surface area contributed by atoms with E-state index in [2.05, 4.69) is 18.0 Å². The predicted octanol–water partition coefficient (Wildman–Crippen LogP) is 6.65. The Kier molecular flexibility index (Phi) is 10.9. The number of hydrogen-bond donors (Lipinski definition) is 1. The largest absolute Gasteiger partial charge is 0.489 e. The Bertz CT molecular complexity index is 1770. The average Bonchev–Trinajstić information content (AvgIpc) is 3.72. The van der Waals surface area contributed by atoms with E-state index in [1.54, 1.807) is 0 Å². The monoisotopic (exact) mass is 696 g/mol. The number of fused-ring (bicyclic) bond motifs is 5. The zero-order valence-corrected chi connectivity index (χ0v) is 29.9. The Labute approximate surface area is 299 Å². The number of allylic oxidation sites excluding steroid dienone is 2. The van der Waals surface area contributed by atoms with Gasteiger partial charge in [0.2, 0.25) is 11.8 Å². The van der Waals surface area contributed by atoms with Crippen molar-refractivity contribution in [1.29, 1.82) is 0 Å². The lowest BCUT2D eigenvalue weighted by atomic mass is 9.85. The van der Waals surface area contributed by atoms with E-state index in [0.717, 1.165) is 31.2 Å². The van der Waals surface area contributed by atoms with E-state index in [0.29, 0.717) is 41.4 Å². The Morgan fingerprint density at radius 1 is 1.06 bits per heavy atom. The van der Waals surface area contributed by atoms with Gasteiger partial charge in [-0.1, -0.05) is 63.3 Å². The first kappa shape index (κ1) is 35.9. The third kappa shape index (κ3) is 8.52. The lowest BCUT2D eigenvalue weighted by molar-refractivity contribution is -0.152. The van der Waals surface area contributed by atoms with Crippen LogP contribution in [0.4, 0.5) is 4.79 Å². The second kappa shape index (κ2) is 15.5. The molecule has 6 atom stereocenters. The summed E-state index contributed by atoms with van der Waals surface area (Å²) in [5.41, 5.74) is 2.16. The fourth-order valence-electron chi connectivity index (χ4n) is 7.27. The molecule has 1 aromatic heterocycles. The van der Waals surface area contributed by atoms with Gasteiger partial charge in [-0.15, -0.1) is 6.58 Å². The average molecular weight is 697 g/mol. The van der Waals surface area contributed by atoms with Crippen molar-refractivity contribution in [2.45, 2.75) is 90.2 Å². The highest BCUT2D eigenvalue weighted by atomic mass is 16.6. The molecular formula is C40H48N4O7. The Balaban J connectivity index is 1.34. The SMILES string of the molecule is C=C[C@@H]1C[C@H]2CCC/C=C/c3nc4ccc(OCc5ccccc5)cc4nc3O[C@@H]3C[C@@H](C(=O)OC)N(C3)C(=O)[C@H](C(C)(C)C)NC(=O)O[C@@H]2C1. The number of hydrogen-bond acceptors (Lipinski definition) is 9. The fraction of sp³-hybridized carbons (Fsp3) is 0.475. The maximum atomic E-state index is 14.3. The van der Waals surface area contributed by atoms with E-state index in [4.69, 9.17) is 28.9 Å². The van der Waals surface area contributed by atoms with E-state index in [-0.39, 0.29) is 30.9 Å². The van der Waals surface area contributed by atoms with Crippen LogP contribution in [0.2, 0.25) is 0 Å². The number of rotatable bonds is 5. The molecule has 51 heavy (non-hydrogen) atoms. The van der Waals surface area contributed by atoms with Gasteiger partial charge in [0.15, 0.2) is 0 Å². The molecule has 1 saturated heterocycles. The molecule has 2 amide bonds. The molecule has 270 valence electrons. The van der Waals surface area contributed by atoms with Gasteiger partial charge < -0.3 is 29.2 Å². The highest BCUT2D eigenvalue weighted by molar-refractivity contribution is 5.91. The van der Waals surface area contributed by atoms with Gasteiger partial charge in [0.05, 0.1) is 24.7 Å². The molecule has 3 aliphatic rings. The van der Waals surface area contributed by atoms with E-state index in [9.17, 15) is 14.4 Å². The summed E-state index contributed by atoms with van der Waals surface area (Å²) in [4.78, 5) is 52.0. The maximum Gasteiger partial charge on any atom is 0.408 e. The van der Waals surface area contributed by atoms with Crippen LogP contribution in [0.5, 0.6) is 11.6 Å². The summed E-state index contributed by atoms with van der Waals surface area (Å²) in [6.07, 6.45) is 8.64. The topological polar surface area (TPSA) is 129 Å². The highest BCUT2D eigenvalue weighted by Crippen LogP contribution is 2.38. The number of nitrogens with zero attached hydrogens (tertiary/aromatic N) is 3. The lowest BCUT2D eigenvalue weighted by Gasteiger charge is -2.35. The molecule has 1 N–H and O–H groups in total. The first-order chi connectivity index (χ1) is 24.5. The number of nitrogens with one attached hydrogen (secondary N) is 1. The number of ether oxygens (including phenoxy) is 4. The van der Waals surface area contributed by atoms with Crippen molar-refractivity contribution in [3.8, 4) is 11.6 Å². The van der Waals surface area contributed by atoms with Crippen LogP contribution >= 0.6 is 0 Å². The Morgan fingerprint density at radius 2 is 1.86 bits per heavy atom. The minimum atomic E-state index is -0.974. The van der Waals surface area contributed by atoms with Crippen LogP contribution in [0, 0.1) is 17.3 Å². The molecule has 0 unspecified atom stereocenters. The zero-order valence-electron chi connectivity index (χ0n) is 29.9. The summed E-state index contributed by atoms with van der Waals surface area (Å²) >= 11 is 0. The van der Waals surface area contributed by atoms with Gasteiger partial charge in [0.25, 0.3) is 0 Å². The summed E-state index contributed by atoms with van der Waals surface area (Å²) in [5.74, 6) is 0.362. The number of amides is 2. The van der Waals surface area contributed by atoms with Gasteiger partial charge in [0.1, 0.15) is 42.3 Å². The summed E-state index contributed by atoms with van der Waals surface area (Å²) in [5, 5.41) is 2.86. The summed E-state index contributed by atoms with van der Waals surface area (Å²) < 4.78 is 23.7. The van der Waals surface area contributed by atoms with E-state index >= 15 is 0 Å². The van der Waals surface area contributed by atoms with Gasteiger partial charge in [-0.3, -0.25) is 4.79 Å². The molecular weight excluding hydrogens is 648 g/mol. The van der Waals surface area contributed by atoms with Gasteiger partial charge in [0, 0.05) is 12.5 Å². The highest BCUT2D eigenvalue weighted by Gasteiger charge is 2.47. The van der Waals surface area contributed by atoms with Gasteiger partial charge in [-0.05, 0) is 73.1 Å². The minimum Gasteiger partial charge on any atom is -0.489 e. The Hall–Kier alpha value is -4.93. The Morgan fingerprint density at radius 3 is 2.61 bits per heavy atom. The summed E-state index contributed by atoms with van der Waals surface area (Å²) in [6.45, 7) is 10.1. The zero-order chi connectivity index (χ0) is 36.1. The van der Waals surface area contributed by atoms with Crippen LogP contribution in [-0.2, 0) is 25.7 Å². The molecule has 11 nitrogen and oxygen atoms in total. The second-order valence-electron chi connectivity index (χ2n) is 14.8. The number of benzene rings is 2. The molecule has 0 radical (unpaired) electrons. The first-order valence-electron chi connectivity index (χ1n) is 17.8. The van der Waals surface area contributed by atoms with E-state index < -0.39 is 41.6 Å². The van der Waals surface area contributed by atoms with E-state index in [1.165, 1.54) is 12.0 Å². The number of aromatic nitrogens is 2. The fourth-order valence-corrected chi connectivity index (χ4v) is 7.27. The number of methoxy groups -OCH3 is 1. The molecule has 0 spiro atoms. The molecule has 2 aliphatic heterocycles. The minimum absolute atomic E-state index is 0.0801. The van der Waals surface area contributed by atoms with Crippen LogP contribution in [0.3, 0.4) is 0 Å². The summed E-state index contributed by atoms with van der Waals surface area (Å²) in [7, 11) is 1.29. The van der Waals surface area contributed by atoms with Gasteiger partial charge in [-0.25, -0.2) is 19.6 Å². The maximum absolute atomic E-state index is 14.3. The standard InChI is InChI=1S/C40H48N4O7/c1-6-25-19-27-15-11-8-12-16-31-36(42-32-21-28(17-18-30(32)41-31)49-24-26-13-9-7-10-14-26)50-29-22-33(38(46)48-5)44(23-29)37(45)35(40(2,3)4)43-39(47)51-34(27)20-25/h6-7,9-10,12-14,16-18,21,25,27,29,33-35H,1,8,11,15,19-20,22-24H2,2-5H3,(H,43,47)/b16-12+/t25-,27-,29-,33+,34-,35-/m1/s1. The van der Waals surface area contributed by atoms with Crippen LogP contribution < -0.4 is 14.8 Å². The number of esters is 1. The third-order valence-corrected chi connectivity index (χ3v) is 10.0. The number of carbonyl (C=O) groups is 3. The van der Waals surface area contributed by atoms with Crippen molar-refractivity contribution < 1.29 is 33.3 Å². The molecule has 3 aromatic rings. The molecule has 2 aromatic carbocycles. The molecule has 1 saturated carbocycles. The molecule has 11 heteroatoms. The van der Waals surface area contributed by atoms with Crippen molar-refractivity contribution in [3.63, 3.8) is 0 Å². The van der Waals surface area contributed by atoms with E-state index in [1.807, 2.05) is 81.5 Å². The quantitative estimate of drug-likeness (QED) is 0.230. The molecule has 3 heterocycles. The molecule has 2 fully saturated rings. The first-order valence-corrected chi connectivity index (χ1v) is 17.8. The van der Waals surface area contributed by atoms with Gasteiger partial charge >= 0.3 is 12.1 Å². The third-order valence-electron chi connectivity index (χ3n) is 10.0. The second-order valence-corrected chi connectivity index (χ2v) is 14.8. The number of carbonyl (C=O) groups excluding carboxylic acids is 3. The molecule has 2 bridgehead atoms. The lowest BCUT2D eigenvalue weighted by Crippen LogP contribution is -2.57. The van der Waals surface area contributed by atoms with Gasteiger partial charge in [-0.2, -0.15) is 0 Å². The summed E-state index contributed by atoms with van der Waals surface area (Å²) in [6, 6.07) is 13.6. The smallest absolute Gasteiger partial charge is 0.408 e. The molecule has 6 rings (SSSR count). The van der Waals surface area contributed by atoms with Crippen LogP contribution in [0.1, 0.15) is 70.6 Å². The van der Waals surface area contributed by atoms with Crippen molar-refractivity contribution in [1.82, 2.24) is 20.2 Å². The van der Waals surface area contributed by atoms with Crippen molar-refractivity contribution >= 4 is 35.1 Å². The van der Waals surface area contributed by atoms with Crippen molar-refractivity contribution in [3.05, 3.63) is 78.5 Å². The van der Waals surface area contributed by atoms with Crippen molar-refractivity contribution in [2.75, 3.05) is 13.7 Å². The van der Waals surface area contributed by atoms with Crippen molar-refractivity contribution in [2.24, 2.45) is 17.3 Å². The van der Waals surface area contributed by atoms with Crippen LogP contribution in [0.15, 0.2) is 67.3 Å². The van der Waals surface area contributed by atoms with Crippen LogP contribution in [-0.4, -0.2) is 70.8 Å². The van der Waals surface area contributed by atoms with Crippen LogP contribution in [0.25, 0.3) is 17.1 Å².